The van der Waals surface area contributed by atoms with Gasteiger partial charge >= 0.3 is 5.69 Å². The molecule has 1 aromatic heterocycles. The van der Waals surface area contributed by atoms with Crippen LogP contribution < -0.4 is 10.6 Å². The summed E-state index contributed by atoms with van der Waals surface area (Å²) in [5, 5.41) is 17.2. The van der Waals surface area contributed by atoms with Crippen LogP contribution in [0.4, 0.5) is 17.3 Å². The highest BCUT2D eigenvalue weighted by Crippen LogP contribution is 2.26. The first-order valence-electron chi connectivity index (χ1n) is 6.86. The Morgan fingerprint density at radius 2 is 2.30 bits per heavy atom. The van der Waals surface area contributed by atoms with E-state index in [9.17, 15) is 10.1 Å². The van der Waals surface area contributed by atoms with E-state index in [1.54, 1.807) is 6.07 Å². The van der Waals surface area contributed by atoms with Crippen LogP contribution in [0, 0.1) is 16.0 Å². The van der Waals surface area contributed by atoms with Crippen molar-refractivity contribution >= 4 is 17.3 Å². The Morgan fingerprint density at radius 1 is 1.50 bits per heavy atom. The molecule has 20 heavy (non-hydrogen) atoms. The third-order valence-corrected chi connectivity index (χ3v) is 3.49. The van der Waals surface area contributed by atoms with Crippen LogP contribution in [0.25, 0.3) is 0 Å². The van der Waals surface area contributed by atoms with Crippen molar-refractivity contribution in [1.82, 2.24) is 4.98 Å². The lowest BCUT2D eigenvalue weighted by Gasteiger charge is -2.15. The largest absolute Gasteiger partial charge is 0.378 e. The zero-order chi connectivity index (χ0) is 14.5. The molecule has 0 bridgehead atoms. The second-order valence-electron chi connectivity index (χ2n) is 4.86. The van der Waals surface area contributed by atoms with Crippen LogP contribution in [-0.2, 0) is 4.74 Å². The van der Waals surface area contributed by atoms with Gasteiger partial charge in [0.05, 0.1) is 11.0 Å². The van der Waals surface area contributed by atoms with E-state index >= 15 is 0 Å². The molecule has 2 N–H and O–H groups in total. The van der Waals surface area contributed by atoms with Gasteiger partial charge in [-0.05, 0) is 26.3 Å². The Bertz CT molecular complexity index is 481. The number of hydrogen-bond donors (Lipinski definition) is 2. The molecule has 0 radical (unpaired) electrons. The van der Waals surface area contributed by atoms with E-state index in [0.717, 1.165) is 19.6 Å². The van der Waals surface area contributed by atoms with Crippen LogP contribution in [0.1, 0.15) is 20.3 Å². The molecule has 0 spiro atoms. The van der Waals surface area contributed by atoms with Gasteiger partial charge in [-0.3, -0.25) is 10.1 Å². The molecule has 2 unspecified atom stereocenters. The van der Waals surface area contributed by atoms with Gasteiger partial charge in [-0.15, -0.1) is 0 Å². The quantitative estimate of drug-likeness (QED) is 0.613. The number of pyridine rings is 1. The molecular formula is C13H20N4O3. The van der Waals surface area contributed by atoms with Crippen molar-refractivity contribution in [2.45, 2.75) is 26.4 Å². The topological polar surface area (TPSA) is 89.3 Å². The van der Waals surface area contributed by atoms with Gasteiger partial charge in [-0.2, -0.15) is 0 Å². The summed E-state index contributed by atoms with van der Waals surface area (Å²) in [7, 11) is 0. The van der Waals surface area contributed by atoms with Crippen molar-refractivity contribution in [2.24, 2.45) is 5.92 Å². The molecule has 1 aliphatic rings. The smallest absolute Gasteiger partial charge is 0.311 e. The summed E-state index contributed by atoms with van der Waals surface area (Å²) in [6, 6.07) is 3.09. The SMILES string of the molecule is CCNc1ccc([N+](=O)[O-])c(NCC2CCOC2C)n1. The summed E-state index contributed by atoms with van der Waals surface area (Å²) >= 11 is 0. The molecule has 1 fully saturated rings. The maximum absolute atomic E-state index is 11.0. The van der Waals surface area contributed by atoms with Crippen molar-refractivity contribution in [3.8, 4) is 0 Å². The van der Waals surface area contributed by atoms with Gasteiger partial charge in [-0.1, -0.05) is 0 Å². The monoisotopic (exact) mass is 280 g/mol. The Labute approximate surface area is 117 Å². The van der Waals surface area contributed by atoms with Crippen LogP contribution in [0.5, 0.6) is 0 Å². The van der Waals surface area contributed by atoms with Gasteiger partial charge in [0.2, 0.25) is 5.82 Å². The molecule has 1 aromatic rings. The van der Waals surface area contributed by atoms with Crippen LogP contribution in [0.15, 0.2) is 12.1 Å². The number of ether oxygens (including phenoxy) is 1. The molecule has 7 heteroatoms. The summed E-state index contributed by atoms with van der Waals surface area (Å²) in [6.07, 6.45) is 1.15. The van der Waals surface area contributed by atoms with E-state index in [0.29, 0.717) is 24.1 Å². The molecule has 0 amide bonds. The molecule has 0 aromatic carbocycles. The van der Waals surface area contributed by atoms with E-state index in [2.05, 4.69) is 15.6 Å². The summed E-state index contributed by atoms with van der Waals surface area (Å²) in [5.74, 6) is 1.31. The first-order valence-corrected chi connectivity index (χ1v) is 6.86. The molecule has 2 rings (SSSR count). The minimum atomic E-state index is -0.417. The van der Waals surface area contributed by atoms with E-state index in [4.69, 9.17) is 4.74 Å². The molecular weight excluding hydrogens is 260 g/mol. The maximum atomic E-state index is 11.0. The number of aromatic nitrogens is 1. The van der Waals surface area contributed by atoms with Crippen molar-refractivity contribution < 1.29 is 9.66 Å². The third kappa shape index (κ3) is 3.36. The zero-order valence-electron chi connectivity index (χ0n) is 11.8. The lowest BCUT2D eigenvalue weighted by atomic mass is 10.0. The standard InChI is InChI=1S/C13H20N4O3/c1-3-14-12-5-4-11(17(18)19)13(16-12)15-8-10-6-7-20-9(10)2/h4-5,9-10H,3,6-8H2,1-2H3,(H2,14,15,16). The highest BCUT2D eigenvalue weighted by atomic mass is 16.6. The Balaban J connectivity index is 2.10. The van der Waals surface area contributed by atoms with Crippen LogP contribution in [-0.4, -0.2) is 35.7 Å². The van der Waals surface area contributed by atoms with Gasteiger partial charge in [0, 0.05) is 31.7 Å². The fourth-order valence-electron chi connectivity index (χ4n) is 2.28. The average Bonchev–Trinajstić information content (AvgIpc) is 2.82. The fourth-order valence-corrected chi connectivity index (χ4v) is 2.28. The number of nitro groups is 1. The Kier molecular flexibility index (Phi) is 4.73. The number of nitrogens with zero attached hydrogens (tertiary/aromatic N) is 2. The summed E-state index contributed by atoms with van der Waals surface area (Å²) < 4.78 is 5.49. The summed E-state index contributed by atoms with van der Waals surface area (Å²) in [5.41, 5.74) is -0.00165. The van der Waals surface area contributed by atoms with Crippen molar-refractivity contribution in [1.29, 1.82) is 0 Å². The predicted octanol–water partition coefficient (Wildman–Crippen LogP) is 2.26. The maximum Gasteiger partial charge on any atom is 0.311 e. The van der Waals surface area contributed by atoms with Gasteiger partial charge in [0.15, 0.2) is 0 Å². The zero-order valence-corrected chi connectivity index (χ0v) is 11.8. The first-order chi connectivity index (χ1) is 9.61. The molecule has 1 saturated heterocycles. The van der Waals surface area contributed by atoms with Crippen molar-refractivity contribution in [3.05, 3.63) is 22.2 Å². The van der Waals surface area contributed by atoms with Crippen LogP contribution in [0.2, 0.25) is 0 Å². The Morgan fingerprint density at radius 3 is 2.90 bits per heavy atom. The van der Waals surface area contributed by atoms with E-state index in [-0.39, 0.29) is 11.8 Å². The van der Waals surface area contributed by atoms with E-state index in [1.165, 1.54) is 6.07 Å². The van der Waals surface area contributed by atoms with Crippen molar-refractivity contribution in [2.75, 3.05) is 30.3 Å². The normalized spacial score (nSPS) is 21.7. The third-order valence-electron chi connectivity index (χ3n) is 3.49. The lowest BCUT2D eigenvalue weighted by Crippen LogP contribution is -2.21. The van der Waals surface area contributed by atoms with E-state index in [1.807, 2.05) is 13.8 Å². The minimum absolute atomic E-state index is 0.00165. The molecule has 1 aliphatic heterocycles. The lowest BCUT2D eigenvalue weighted by molar-refractivity contribution is -0.384. The second-order valence-corrected chi connectivity index (χ2v) is 4.86. The number of hydrogen-bond acceptors (Lipinski definition) is 6. The molecule has 7 nitrogen and oxygen atoms in total. The average molecular weight is 280 g/mol. The van der Waals surface area contributed by atoms with Gasteiger partial charge in [0.1, 0.15) is 5.82 Å². The minimum Gasteiger partial charge on any atom is -0.378 e. The molecule has 2 heterocycles. The van der Waals surface area contributed by atoms with Gasteiger partial charge in [0.25, 0.3) is 0 Å². The molecule has 110 valence electrons. The molecule has 0 aliphatic carbocycles. The number of nitrogens with one attached hydrogen (secondary N) is 2. The number of anilines is 2. The van der Waals surface area contributed by atoms with Gasteiger partial charge < -0.3 is 15.4 Å². The Hall–Kier alpha value is -1.89. The van der Waals surface area contributed by atoms with Gasteiger partial charge in [-0.25, -0.2) is 4.98 Å². The molecule has 0 saturated carbocycles. The first kappa shape index (κ1) is 14.5. The van der Waals surface area contributed by atoms with E-state index < -0.39 is 4.92 Å². The highest BCUT2D eigenvalue weighted by Gasteiger charge is 2.25. The van der Waals surface area contributed by atoms with Crippen molar-refractivity contribution in [3.63, 3.8) is 0 Å². The molecule has 2 atom stereocenters. The highest BCUT2D eigenvalue weighted by molar-refractivity contribution is 5.60. The summed E-state index contributed by atoms with van der Waals surface area (Å²) in [4.78, 5) is 14.9. The van der Waals surface area contributed by atoms with Crippen LogP contribution in [0.3, 0.4) is 0 Å². The summed E-state index contributed by atoms with van der Waals surface area (Å²) in [6.45, 7) is 6.08. The fraction of sp³-hybridized carbons (Fsp3) is 0.615. The van der Waals surface area contributed by atoms with Crippen LogP contribution >= 0.6 is 0 Å². The number of rotatable bonds is 6. The second kappa shape index (κ2) is 6.51. The predicted molar refractivity (Wildman–Crippen MR) is 77.1 cm³/mol.